The molecule has 0 amide bonds. The van der Waals surface area contributed by atoms with E-state index in [9.17, 15) is 4.79 Å². The molecule has 5 rings (SSSR count). The summed E-state index contributed by atoms with van der Waals surface area (Å²) in [6.45, 7) is 1.70. The minimum Gasteiger partial charge on any atom is -0.494 e. The van der Waals surface area contributed by atoms with Gasteiger partial charge in [-0.15, -0.1) is 0 Å². The van der Waals surface area contributed by atoms with Gasteiger partial charge in [0.1, 0.15) is 11.6 Å². The molecule has 3 N–H and O–H groups in total. The summed E-state index contributed by atoms with van der Waals surface area (Å²) in [5.41, 5.74) is 9.91. The molecule has 1 saturated carbocycles. The summed E-state index contributed by atoms with van der Waals surface area (Å²) in [4.78, 5) is 26.7. The lowest BCUT2D eigenvalue weighted by Gasteiger charge is -2.24. The van der Waals surface area contributed by atoms with Gasteiger partial charge in [-0.05, 0) is 51.2 Å². The molecule has 1 aliphatic rings. The predicted octanol–water partition coefficient (Wildman–Crippen LogP) is 3.90. The number of ether oxygens (including phenoxy) is 1. The van der Waals surface area contributed by atoms with Crippen LogP contribution in [0, 0.1) is 0 Å². The van der Waals surface area contributed by atoms with Crippen LogP contribution in [0.5, 0.6) is 5.75 Å². The van der Waals surface area contributed by atoms with Gasteiger partial charge in [0.25, 0.3) is 0 Å². The summed E-state index contributed by atoms with van der Waals surface area (Å²) in [6.07, 6.45) is 3.57. The molecule has 0 aliphatic heterocycles. The van der Waals surface area contributed by atoms with Crippen molar-refractivity contribution in [3.63, 3.8) is 0 Å². The number of aromatic nitrogens is 4. The van der Waals surface area contributed by atoms with Gasteiger partial charge in [0.2, 0.25) is 5.95 Å². The third-order valence-corrected chi connectivity index (χ3v) is 6.74. The smallest absolute Gasteiger partial charge is 0.335 e. The zero-order valence-electron chi connectivity index (χ0n) is 21.4. The number of nitrogens with zero attached hydrogens (tertiary/aromatic N) is 6. The monoisotopic (exact) mass is 522 g/mol. The van der Waals surface area contributed by atoms with Gasteiger partial charge in [0.15, 0.2) is 0 Å². The van der Waals surface area contributed by atoms with E-state index in [4.69, 9.17) is 22.1 Å². The van der Waals surface area contributed by atoms with Crippen LogP contribution in [0.15, 0.2) is 47.4 Å². The molecule has 11 heteroatoms. The van der Waals surface area contributed by atoms with Crippen LogP contribution in [-0.4, -0.2) is 65.3 Å². The van der Waals surface area contributed by atoms with Crippen LogP contribution in [0.2, 0.25) is 5.02 Å². The van der Waals surface area contributed by atoms with Gasteiger partial charge in [-0.2, -0.15) is 4.98 Å². The highest BCUT2D eigenvalue weighted by atomic mass is 35.5. The maximum absolute atomic E-state index is 13.5. The molecule has 0 bridgehead atoms. The lowest BCUT2D eigenvalue weighted by atomic mass is 10.2. The average Bonchev–Trinajstić information content (AvgIpc) is 3.65. The fraction of sp³-hybridized carbons (Fsp3) is 0.346. The second-order valence-corrected chi connectivity index (χ2v) is 9.99. The van der Waals surface area contributed by atoms with E-state index in [1.54, 1.807) is 30.0 Å². The van der Waals surface area contributed by atoms with E-state index in [-0.39, 0.29) is 11.7 Å². The maximum Gasteiger partial charge on any atom is 0.335 e. The Hall–Kier alpha value is -3.76. The summed E-state index contributed by atoms with van der Waals surface area (Å²) in [5, 5.41) is 3.80. The van der Waals surface area contributed by atoms with Crippen LogP contribution in [0.1, 0.15) is 18.9 Å². The molecule has 0 unspecified atom stereocenters. The number of hydrogen-bond donors (Lipinski definition) is 2. The average molecular weight is 523 g/mol. The summed E-state index contributed by atoms with van der Waals surface area (Å²) >= 11 is 6.25. The minimum absolute atomic E-state index is 0.142. The maximum atomic E-state index is 13.5. The van der Waals surface area contributed by atoms with Gasteiger partial charge in [-0.1, -0.05) is 11.6 Å². The number of fused-ring (bicyclic) bond motifs is 1. The van der Waals surface area contributed by atoms with E-state index in [2.05, 4.69) is 25.1 Å². The molecule has 0 spiro atoms. The third kappa shape index (κ3) is 4.94. The second-order valence-electron chi connectivity index (χ2n) is 9.55. The zero-order chi connectivity index (χ0) is 26.3. The molecule has 10 nitrogen and oxygen atoms in total. The van der Waals surface area contributed by atoms with E-state index in [0.29, 0.717) is 33.9 Å². The van der Waals surface area contributed by atoms with Gasteiger partial charge in [0, 0.05) is 49.5 Å². The van der Waals surface area contributed by atoms with Crippen molar-refractivity contribution in [2.24, 2.45) is 0 Å². The predicted molar refractivity (Wildman–Crippen MR) is 149 cm³/mol. The van der Waals surface area contributed by atoms with Gasteiger partial charge in [-0.3, -0.25) is 4.57 Å². The van der Waals surface area contributed by atoms with Crippen molar-refractivity contribution in [3.8, 4) is 11.6 Å². The van der Waals surface area contributed by atoms with Crippen LogP contribution >= 0.6 is 11.6 Å². The highest BCUT2D eigenvalue weighted by Crippen LogP contribution is 2.38. The Balaban J connectivity index is 1.49. The molecule has 4 aromatic rings. The number of likely N-dealkylation sites (N-methyl/N-ethyl adjacent to an activating group) is 2. The normalized spacial score (nSPS) is 13.4. The van der Waals surface area contributed by atoms with Crippen molar-refractivity contribution in [1.82, 2.24) is 24.0 Å². The molecule has 2 aromatic heterocycles. The molecular formula is C26H31ClN8O2. The van der Waals surface area contributed by atoms with E-state index >= 15 is 0 Å². The van der Waals surface area contributed by atoms with Crippen molar-refractivity contribution < 1.29 is 4.74 Å². The number of nitrogens with one attached hydrogen (secondary N) is 1. The van der Waals surface area contributed by atoms with E-state index in [0.717, 1.165) is 42.7 Å². The van der Waals surface area contributed by atoms with Crippen LogP contribution in [-0.2, 0) is 0 Å². The Morgan fingerprint density at radius 1 is 1.14 bits per heavy atom. The SMILES string of the molecule is COc1cc(N(C)CCN(C)C)c(N)cc1Nc1nccc(-n2c(=O)n(C3CC3)c3cc(Cl)ccc32)n1. The van der Waals surface area contributed by atoms with Gasteiger partial charge in [-0.25, -0.2) is 14.3 Å². The summed E-state index contributed by atoms with van der Waals surface area (Å²) in [6, 6.07) is 11.1. The van der Waals surface area contributed by atoms with Gasteiger partial charge < -0.3 is 25.6 Å². The molecule has 1 aliphatic carbocycles. The number of hydrogen-bond acceptors (Lipinski definition) is 8. The molecule has 0 radical (unpaired) electrons. The van der Waals surface area contributed by atoms with Crippen molar-refractivity contribution in [1.29, 1.82) is 0 Å². The molecule has 0 saturated heterocycles. The number of methoxy groups -OCH3 is 1. The number of anilines is 4. The number of nitrogens with two attached hydrogens (primary N) is 1. The summed E-state index contributed by atoms with van der Waals surface area (Å²) < 4.78 is 9.06. The number of nitrogen functional groups attached to an aromatic ring is 1. The summed E-state index contributed by atoms with van der Waals surface area (Å²) in [7, 11) is 7.67. The van der Waals surface area contributed by atoms with Crippen molar-refractivity contribution in [2.45, 2.75) is 18.9 Å². The van der Waals surface area contributed by atoms with Crippen molar-refractivity contribution in [3.05, 3.63) is 58.1 Å². The fourth-order valence-corrected chi connectivity index (χ4v) is 4.57. The number of rotatable bonds is 9. The molecule has 37 heavy (non-hydrogen) atoms. The minimum atomic E-state index is -0.142. The van der Waals surface area contributed by atoms with Gasteiger partial charge in [0.05, 0.1) is 35.2 Å². The largest absolute Gasteiger partial charge is 0.494 e. The highest BCUT2D eigenvalue weighted by molar-refractivity contribution is 6.31. The lowest BCUT2D eigenvalue weighted by molar-refractivity contribution is 0.413. The van der Waals surface area contributed by atoms with Gasteiger partial charge >= 0.3 is 5.69 Å². The third-order valence-electron chi connectivity index (χ3n) is 6.51. The topological polar surface area (TPSA) is 106 Å². The first-order valence-electron chi connectivity index (χ1n) is 12.1. The molecule has 2 heterocycles. The molecular weight excluding hydrogens is 492 g/mol. The molecule has 0 atom stereocenters. The Bertz CT molecular complexity index is 1510. The standard InChI is InChI=1S/C26H31ClN8O2/c1-32(2)11-12-33(3)21-15-23(37-4)19(14-18(21)28)30-25-29-10-9-24(31-25)35-20-8-5-16(27)13-22(20)34(26(35)36)17-6-7-17/h5,8-10,13-15,17H,6-7,11-12,28H2,1-4H3,(H,29,30,31). The van der Waals surface area contributed by atoms with Crippen LogP contribution in [0.3, 0.4) is 0 Å². The Morgan fingerprint density at radius 3 is 2.62 bits per heavy atom. The zero-order valence-corrected chi connectivity index (χ0v) is 22.2. The number of benzene rings is 2. The van der Waals surface area contributed by atoms with E-state index < -0.39 is 0 Å². The van der Waals surface area contributed by atoms with Crippen LogP contribution in [0.4, 0.5) is 23.0 Å². The lowest BCUT2D eigenvalue weighted by Crippen LogP contribution is -2.29. The first-order chi connectivity index (χ1) is 17.8. The quantitative estimate of drug-likeness (QED) is 0.319. The first kappa shape index (κ1) is 24.9. The summed E-state index contributed by atoms with van der Waals surface area (Å²) in [5.74, 6) is 1.38. The first-order valence-corrected chi connectivity index (χ1v) is 12.5. The Morgan fingerprint density at radius 2 is 1.92 bits per heavy atom. The van der Waals surface area contributed by atoms with E-state index in [1.165, 1.54) is 0 Å². The van der Waals surface area contributed by atoms with Crippen molar-refractivity contribution in [2.75, 3.05) is 57.3 Å². The number of imidazole rings is 1. The van der Waals surface area contributed by atoms with Crippen molar-refractivity contribution >= 4 is 45.6 Å². The second kappa shape index (κ2) is 9.95. The fourth-order valence-electron chi connectivity index (χ4n) is 4.41. The van der Waals surface area contributed by atoms with Crippen LogP contribution < -0.4 is 26.4 Å². The molecule has 1 fully saturated rings. The highest BCUT2D eigenvalue weighted by Gasteiger charge is 2.29. The molecule has 194 valence electrons. The molecule has 2 aromatic carbocycles. The van der Waals surface area contributed by atoms with E-state index in [1.807, 2.05) is 50.0 Å². The Kier molecular flexibility index (Phi) is 6.70. The number of halogens is 1. The Labute approximate surface area is 220 Å². The van der Waals surface area contributed by atoms with Crippen LogP contribution in [0.25, 0.3) is 16.9 Å².